The molecule has 0 aromatic heterocycles. The third-order valence-corrected chi connectivity index (χ3v) is 1.40. The monoisotopic (exact) mass is 102 g/mol. The van der Waals surface area contributed by atoms with Crippen molar-refractivity contribution in [3.05, 3.63) is 0 Å². The third kappa shape index (κ3) is 4.41. The summed E-state index contributed by atoms with van der Waals surface area (Å²) < 4.78 is 0. The van der Waals surface area contributed by atoms with Gasteiger partial charge in [0.1, 0.15) is 7.28 Å². The molecule has 0 saturated heterocycles. The SMILES string of the molecule is CCBCSC. The fourth-order valence-electron chi connectivity index (χ4n) is 0.289. The van der Waals surface area contributed by atoms with Gasteiger partial charge in [-0.1, -0.05) is 13.2 Å². The predicted octanol–water partition coefficient (Wildman–Crippen LogP) is 1.18. The van der Waals surface area contributed by atoms with Gasteiger partial charge in [0.25, 0.3) is 0 Å². The van der Waals surface area contributed by atoms with E-state index in [1.165, 1.54) is 19.3 Å². The Balaban J connectivity index is 2.34. The average molecular weight is 102 g/mol. The largest absolute Gasteiger partial charge is 0.174 e. The Morgan fingerprint density at radius 3 is 2.50 bits per heavy atom. The van der Waals surface area contributed by atoms with Crippen LogP contribution in [0.4, 0.5) is 0 Å². The van der Waals surface area contributed by atoms with Crippen molar-refractivity contribution < 1.29 is 0 Å². The van der Waals surface area contributed by atoms with Gasteiger partial charge in [-0.15, -0.1) is 0 Å². The van der Waals surface area contributed by atoms with E-state index in [0.29, 0.717) is 0 Å². The molecular weight excluding hydrogens is 90.9 g/mol. The summed E-state index contributed by atoms with van der Waals surface area (Å²) >= 11 is 1.93. The molecule has 2 heteroatoms. The number of rotatable bonds is 3. The molecule has 0 amide bonds. The van der Waals surface area contributed by atoms with Crippen molar-refractivity contribution in [2.75, 3.05) is 11.9 Å². The van der Waals surface area contributed by atoms with Crippen molar-refractivity contribution in [3.63, 3.8) is 0 Å². The van der Waals surface area contributed by atoms with Crippen LogP contribution in [0.1, 0.15) is 6.92 Å². The van der Waals surface area contributed by atoms with Gasteiger partial charge < -0.3 is 0 Å². The Bertz CT molecular complexity index is 19.5. The van der Waals surface area contributed by atoms with Crippen LogP contribution in [-0.2, 0) is 0 Å². The Kier molecular flexibility index (Phi) is 5.79. The Labute approximate surface area is 44.9 Å². The summed E-state index contributed by atoms with van der Waals surface area (Å²) in [5.41, 5.74) is 1.33. The summed E-state index contributed by atoms with van der Waals surface area (Å²) in [4.78, 5) is 0. The van der Waals surface area contributed by atoms with Crippen LogP contribution in [0.2, 0.25) is 6.32 Å². The average Bonchev–Trinajstić information content (AvgIpc) is 1.61. The third-order valence-electron chi connectivity index (χ3n) is 0.702. The van der Waals surface area contributed by atoms with Gasteiger partial charge in [-0.25, -0.2) is 0 Å². The Hall–Kier alpha value is 0.415. The smallest absolute Gasteiger partial charge is 0.132 e. The molecule has 36 valence electrons. The first-order valence-corrected chi connectivity index (χ1v) is 3.80. The van der Waals surface area contributed by atoms with Crippen LogP contribution in [0, 0.1) is 0 Å². The van der Waals surface area contributed by atoms with Crippen molar-refractivity contribution >= 4 is 19.0 Å². The Morgan fingerprint density at radius 2 is 2.33 bits per heavy atom. The van der Waals surface area contributed by atoms with E-state index in [-0.39, 0.29) is 0 Å². The number of hydrogen-bond donors (Lipinski definition) is 0. The summed E-state index contributed by atoms with van der Waals surface area (Å²) in [6.45, 7) is 2.22. The van der Waals surface area contributed by atoms with E-state index in [2.05, 4.69) is 13.2 Å². The molecule has 0 spiro atoms. The molecule has 0 rings (SSSR count). The van der Waals surface area contributed by atoms with Crippen LogP contribution >= 0.6 is 11.8 Å². The first kappa shape index (κ1) is 6.41. The lowest BCUT2D eigenvalue weighted by atomic mass is 9.79. The zero-order valence-corrected chi connectivity index (χ0v) is 5.35. The minimum Gasteiger partial charge on any atom is -0.174 e. The molecule has 0 aromatic carbocycles. The molecule has 0 heterocycles. The quantitative estimate of drug-likeness (QED) is 0.381. The van der Waals surface area contributed by atoms with Gasteiger partial charge >= 0.3 is 0 Å². The van der Waals surface area contributed by atoms with E-state index in [1.807, 2.05) is 11.8 Å². The second-order valence-electron chi connectivity index (χ2n) is 1.35. The molecule has 6 heavy (non-hydrogen) atoms. The molecule has 0 aromatic rings. The topological polar surface area (TPSA) is 0 Å². The first-order chi connectivity index (χ1) is 2.91. The molecule has 0 saturated carbocycles. The summed E-state index contributed by atoms with van der Waals surface area (Å²) in [5.74, 6) is 0. The highest BCUT2D eigenvalue weighted by atomic mass is 32.2. The van der Waals surface area contributed by atoms with Gasteiger partial charge in [-0.05, 0) is 11.9 Å². The van der Waals surface area contributed by atoms with Crippen LogP contribution in [0.3, 0.4) is 0 Å². The maximum absolute atomic E-state index is 2.22. The maximum atomic E-state index is 2.22. The molecular formula is C4H11BS. The second-order valence-corrected chi connectivity index (χ2v) is 2.33. The zero-order chi connectivity index (χ0) is 4.83. The number of hydrogen-bond acceptors (Lipinski definition) is 1. The van der Waals surface area contributed by atoms with Crippen LogP contribution in [0.25, 0.3) is 0 Å². The predicted molar refractivity (Wildman–Crippen MR) is 36.0 cm³/mol. The minimum atomic E-state index is 1.33. The van der Waals surface area contributed by atoms with Crippen LogP contribution in [0.5, 0.6) is 0 Å². The lowest BCUT2D eigenvalue weighted by Gasteiger charge is -1.83. The molecule has 0 nitrogen and oxygen atoms in total. The molecule has 0 aliphatic heterocycles. The summed E-state index contributed by atoms with van der Waals surface area (Å²) in [6, 6.07) is 0. The van der Waals surface area contributed by atoms with Crippen molar-refractivity contribution in [1.29, 1.82) is 0 Å². The van der Waals surface area contributed by atoms with Crippen molar-refractivity contribution in [1.82, 2.24) is 0 Å². The molecule has 0 bridgehead atoms. The lowest BCUT2D eigenvalue weighted by molar-refractivity contribution is 1.45. The van der Waals surface area contributed by atoms with E-state index in [1.54, 1.807) is 0 Å². The fourth-order valence-corrected chi connectivity index (χ4v) is 0.866. The van der Waals surface area contributed by atoms with Gasteiger partial charge in [0.2, 0.25) is 0 Å². The van der Waals surface area contributed by atoms with Crippen molar-refractivity contribution in [3.8, 4) is 0 Å². The van der Waals surface area contributed by atoms with E-state index in [0.717, 1.165) is 0 Å². The van der Waals surface area contributed by atoms with Crippen LogP contribution in [-0.4, -0.2) is 19.2 Å². The van der Waals surface area contributed by atoms with Gasteiger partial charge in [-0.3, -0.25) is 0 Å². The van der Waals surface area contributed by atoms with E-state index < -0.39 is 0 Å². The van der Waals surface area contributed by atoms with E-state index in [4.69, 9.17) is 0 Å². The summed E-state index contributed by atoms with van der Waals surface area (Å²) in [7, 11) is 1.38. The molecule has 0 atom stereocenters. The fraction of sp³-hybridized carbons (Fsp3) is 1.00. The molecule has 0 fully saturated rings. The van der Waals surface area contributed by atoms with Gasteiger partial charge in [-0.2, -0.15) is 11.8 Å². The molecule has 0 aliphatic rings. The normalized spacial score (nSPS) is 8.33. The summed E-state index contributed by atoms with van der Waals surface area (Å²) in [6.07, 6.45) is 3.48. The molecule has 0 radical (unpaired) electrons. The van der Waals surface area contributed by atoms with Gasteiger partial charge in [0, 0.05) is 0 Å². The molecule has 0 unspecified atom stereocenters. The van der Waals surface area contributed by atoms with Crippen LogP contribution < -0.4 is 0 Å². The second kappa shape index (κ2) is 5.41. The highest BCUT2D eigenvalue weighted by Crippen LogP contribution is 1.88. The van der Waals surface area contributed by atoms with Crippen molar-refractivity contribution in [2.24, 2.45) is 0 Å². The van der Waals surface area contributed by atoms with Crippen LogP contribution in [0.15, 0.2) is 0 Å². The minimum absolute atomic E-state index is 1.33. The summed E-state index contributed by atoms with van der Waals surface area (Å²) in [5, 5.41) is 0. The lowest BCUT2D eigenvalue weighted by Crippen LogP contribution is -1.87. The highest BCUT2D eigenvalue weighted by Gasteiger charge is 1.79. The van der Waals surface area contributed by atoms with E-state index in [9.17, 15) is 0 Å². The molecule has 0 aliphatic carbocycles. The Morgan fingerprint density at radius 1 is 1.67 bits per heavy atom. The standard InChI is InChI=1S/C4H11BS/c1-3-5-4-6-2/h5H,3-4H2,1-2H3. The van der Waals surface area contributed by atoms with Gasteiger partial charge in [0.05, 0.1) is 0 Å². The van der Waals surface area contributed by atoms with E-state index >= 15 is 0 Å². The molecule has 0 N–H and O–H groups in total. The maximum Gasteiger partial charge on any atom is 0.132 e. The van der Waals surface area contributed by atoms with Gasteiger partial charge in [0.15, 0.2) is 0 Å². The zero-order valence-electron chi connectivity index (χ0n) is 4.53. The number of thioether (sulfide) groups is 1. The first-order valence-electron chi connectivity index (χ1n) is 2.40. The van der Waals surface area contributed by atoms with Crippen molar-refractivity contribution in [2.45, 2.75) is 13.2 Å². The highest BCUT2D eigenvalue weighted by molar-refractivity contribution is 7.99.